The summed E-state index contributed by atoms with van der Waals surface area (Å²) >= 11 is 5.80. The lowest BCUT2D eigenvalue weighted by Crippen LogP contribution is -2.42. The highest BCUT2D eigenvalue weighted by molar-refractivity contribution is 6.29. The highest BCUT2D eigenvalue weighted by atomic mass is 35.5. The molecule has 0 radical (unpaired) electrons. The third kappa shape index (κ3) is 2.58. The molecule has 0 aromatic carbocycles. The van der Waals surface area contributed by atoms with Crippen LogP contribution in [0.15, 0.2) is 12.3 Å². The van der Waals surface area contributed by atoms with Gasteiger partial charge >= 0.3 is 0 Å². The first kappa shape index (κ1) is 10.6. The quantitative estimate of drug-likeness (QED) is 0.772. The summed E-state index contributed by atoms with van der Waals surface area (Å²) in [6.45, 7) is 4.68. The van der Waals surface area contributed by atoms with Crippen molar-refractivity contribution in [3.63, 3.8) is 0 Å². The normalized spacial score (nSPS) is 21.7. The molecule has 1 unspecified atom stereocenters. The van der Waals surface area contributed by atoms with Crippen LogP contribution in [0.1, 0.15) is 13.3 Å². The minimum absolute atomic E-state index is 0.311. The molecule has 1 aliphatic heterocycles. The second-order valence-corrected chi connectivity index (χ2v) is 3.97. The van der Waals surface area contributed by atoms with Crippen molar-refractivity contribution in [1.29, 1.82) is 0 Å². The van der Waals surface area contributed by atoms with E-state index in [0.29, 0.717) is 11.3 Å². The maximum atomic E-state index is 5.80. The zero-order valence-electron chi connectivity index (χ0n) is 8.69. The van der Waals surface area contributed by atoms with Crippen LogP contribution in [0.5, 0.6) is 0 Å². The molecule has 1 fully saturated rings. The van der Waals surface area contributed by atoms with Crippen molar-refractivity contribution in [2.24, 2.45) is 0 Å². The van der Waals surface area contributed by atoms with E-state index in [1.54, 1.807) is 6.20 Å². The molecule has 5 heteroatoms. The summed E-state index contributed by atoms with van der Waals surface area (Å²) in [4.78, 5) is 2.23. The lowest BCUT2D eigenvalue weighted by molar-refractivity contribution is 0.0384. The Morgan fingerprint density at radius 2 is 2.53 bits per heavy atom. The molecule has 1 saturated heterocycles. The summed E-state index contributed by atoms with van der Waals surface area (Å²) in [6, 6.07) is 1.84. The molecular weight excluding hydrogens is 214 g/mol. The number of anilines is 1. The number of rotatable bonds is 2. The van der Waals surface area contributed by atoms with Crippen molar-refractivity contribution in [1.82, 2.24) is 10.2 Å². The third-order valence-corrected chi connectivity index (χ3v) is 2.75. The summed E-state index contributed by atoms with van der Waals surface area (Å²) in [5.74, 6) is 0. The summed E-state index contributed by atoms with van der Waals surface area (Å²) in [5.41, 5.74) is 1.02. The minimum Gasteiger partial charge on any atom is -0.375 e. The number of morpholine rings is 1. The van der Waals surface area contributed by atoms with E-state index in [2.05, 4.69) is 22.0 Å². The second-order valence-electron chi connectivity index (χ2n) is 3.58. The first-order valence-corrected chi connectivity index (χ1v) is 5.52. The molecule has 0 bridgehead atoms. The molecule has 15 heavy (non-hydrogen) atoms. The van der Waals surface area contributed by atoms with Gasteiger partial charge in [0.1, 0.15) is 0 Å². The van der Waals surface area contributed by atoms with Gasteiger partial charge in [-0.05, 0) is 6.42 Å². The standard InChI is InChI=1S/C10H14ClN3O/c1-2-9-7-14(3-4-15-9)8-5-10(11)13-12-6-8/h5-6,9H,2-4,7H2,1H3. The van der Waals surface area contributed by atoms with Crippen molar-refractivity contribution in [2.45, 2.75) is 19.4 Å². The molecule has 1 aromatic heterocycles. The molecule has 0 N–H and O–H groups in total. The molecule has 0 amide bonds. The number of ether oxygens (including phenoxy) is 1. The predicted octanol–water partition coefficient (Wildman–Crippen LogP) is 1.75. The SMILES string of the molecule is CCC1CN(c2cnnc(Cl)c2)CCO1. The van der Waals surface area contributed by atoms with Gasteiger partial charge in [-0.2, -0.15) is 5.10 Å². The Morgan fingerprint density at radius 3 is 3.27 bits per heavy atom. The van der Waals surface area contributed by atoms with Gasteiger partial charge in [-0.15, -0.1) is 5.10 Å². The predicted molar refractivity (Wildman–Crippen MR) is 59.3 cm³/mol. The number of nitrogens with zero attached hydrogens (tertiary/aromatic N) is 3. The van der Waals surface area contributed by atoms with Gasteiger partial charge in [0, 0.05) is 19.2 Å². The highest BCUT2D eigenvalue weighted by Gasteiger charge is 2.19. The fourth-order valence-electron chi connectivity index (χ4n) is 1.71. The Hall–Kier alpha value is -0.870. The highest BCUT2D eigenvalue weighted by Crippen LogP contribution is 2.19. The van der Waals surface area contributed by atoms with Crippen LogP contribution >= 0.6 is 11.6 Å². The van der Waals surface area contributed by atoms with Gasteiger partial charge in [-0.25, -0.2) is 0 Å². The van der Waals surface area contributed by atoms with Crippen LogP contribution in [-0.2, 0) is 4.74 Å². The molecule has 0 saturated carbocycles. The van der Waals surface area contributed by atoms with Gasteiger partial charge in [0.25, 0.3) is 0 Å². The van der Waals surface area contributed by atoms with Crippen LogP contribution in [0.2, 0.25) is 5.15 Å². The summed E-state index contributed by atoms with van der Waals surface area (Å²) in [7, 11) is 0. The smallest absolute Gasteiger partial charge is 0.153 e. The first-order chi connectivity index (χ1) is 7.29. The van der Waals surface area contributed by atoms with Crippen molar-refractivity contribution >= 4 is 17.3 Å². The van der Waals surface area contributed by atoms with E-state index in [9.17, 15) is 0 Å². The van der Waals surface area contributed by atoms with Crippen molar-refractivity contribution < 1.29 is 4.74 Å². The number of hydrogen-bond donors (Lipinski definition) is 0. The number of aromatic nitrogens is 2. The van der Waals surface area contributed by atoms with Gasteiger partial charge in [0.05, 0.1) is 24.6 Å². The monoisotopic (exact) mass is 227 g/mol. The van der Waals surface area contributed by atoms with Gasteiger partial charge in [-0.3, -0.25) is 0 Å². The van der Waals surface area contributed by atoms with Crippen LogP contribution in [-0.4, -0.2) is 36.0 Å². The second kappa shape index (κ2) is 4.77. The molecule has 2 heterocycles. The Bertz CT molecular complexity index is 334. The Balaban J connectivity index is 2.09. The topological polar surface area (TPSA) is 38.2 Å². The number of halogens is 1. The van der Waals surface area contributed by atoms with Crippen molar-refractivity contribution in [2.75, 3.05) is 24.6 Å². The van der Waals surface area contributed by atoms with Crippen LogP contribution in [0.4, 0.5) is 5.69 Å². The van der Waals surface area contributed by atoms with Gasteiger partial charge in [0.15, 0.2) is 5.15 Å². The van der Waals surface area contributed by atoms with E-state index in [0.717, 1.165) is 31.8 Å². The average molecular weight is 228 g/mol. The molecule has 1 aliphatic rings. The Labute approximate surface area is 94.2 Å². The van der Waals surface area contributed by atoms with E-state index in [4.69, 9.17) is 16.3 Å². The molecule has 0 spiro atoms. The summed E-state index contributed by atoms with van der Waals surface area (Å²) < 4.78 is 5.60. The lowest BCUT2D eigenvalue weighted by atomic mass is 10.2. The Morgan fingerprint density at radius 1 is 1.67 bits per heavy atom. The van der Waals surface area contributed by atoms with E-state index >= 15 is 0 Å². The van der Waals surface area contributed by atoms with E-state index < -0.39 is 0 Å². The van der Waals surface area contributed by atoms with Crippen LogP contribution in [0.25, 0.3) is 0 Å². The van der Waals surface area contributed by atoms with E-state index in [-0.39, 0.29) is 0 Å². The first-order valence-electron chi connectivity index (χ1n) is 5.14. The largest absolute Gasteiger partial charge is 0.375 e. The maximum Gasteiger partial charge on any atom is 0.153 e. The molecule has 4 nitrogen and oxygen atoms in total. The maximum absolute atomic E-state index is 5.80. The zero-order chi connectivity index (χ0) is 10.7. The molecule has 82 valence electrons. The van der Waals surface area contributed by atoms with Gasteiger partial charge < -0.3 is 9.64 Å². The zero-order valence-corrected chi connectivity index (χ0v) is 9.44. The molecule has 0 aliphatic carbocycles. The fourth-order valence-corrected chi connectivity index (χ4v) is 1.86. The van der Waals surface area contributed by atoms with E-state index in [1.807, 2.05) is 6.07 Å². The fraction of sp³-hybridized carbons (Fsp3) is 0.600. The van der Waals surface area contributed by atoms with Gasteiger partial charge in [-0.1, -0.05) is 18.5 Å². The van der Waals surface area contributed by atoms with Crippen molar-refractivity contribution in [3.05, 3.63) is 17.4 Å². The number of hydrogen-bond acceptors (Lipinski definition) is 4. The van der Waals surface area contributed by atoms with Crippen molar-refractivity contribution in [3.8, 4) is 0 Å². The lowest BCUT2D eigenvalue weighted by Gasteiger charge is -2.33. The Kier molecular flexibility index (Phi) is 3.38. The van der Waals surface area contributed by atoms with E-state index in [1.165, 1.54) is 0 Å². The van der Waals surface area contributed by atoms with Crippen LogP contribution in [0, 0.1) is 0 Å². The average Bonchev–Trinajstić information content (AvgIpc) is 2.29. The molecular formula is C10H14ClN3O. The summed E-state index contributed by atoms with van der Waals surface area (Å²) in [6.07, 6.45) is 3.08. The summed E-state index contributed by atoms with van der Waals surface area (Å²) in [5, 5.41) is 8.01. The minimum atomic E-state index is 0.311. The molecule has 1 aromatic rings. The van der Waals surface area contributed by atoms with Crippen LogP contribution in [0.3, 0.4) is 0 Å². The molecule has 1 atom stereocenters. The van der Waals surface area contributed by atoms with Crippen LogP contribution < -0.4 is 4.90 Å². The third-order valence-electron chi connectivity index (χ3n) is 2.57. The van der Waals surface area contributed by atoms with Gasteiger partial charge in [0.2, 0.25) is 0 Å². The molecule has 2 rings (SSSR count).